The predicted molar refractivity (Wildman–Crippen MR) is 99.5 cm³/mol. The van der Waals surface area contributed by atoms with E-state index in [1.807, 2.05) is 12.3 Å². The molecule has 0 aliphatic carbocycles. The largest absolute Gasteiger partial charge is 0.256 e. The van der Waals surface area contributed by atoms with Crippen LogP contribution in [0.4, 0.5) is 0 Å². The lowest BCUT2D eigenvalue weighted by atomic mass is 9.95. The van der Waals surface area contributed by atoms with E-state index in [2.05, 4.69) is 79.2 Å². The number of nitrogens with zero attached hydrogens (tertiary/aromatic N) is 1. The van der Waals surface area contributed by atoms with E-state index in [0.717, 1.165) is 16.8 Å². The molecular weight excluding hydrogens is 278 g/mol. The number of aryl methyl sites for hydroxylation is 1. The molecule has 0 amide bonds. The molecule has 110 valence electrons. The van der Waals surface area contributed by atoms with Crippen molar-refractivity contribution in [1.82, 2.24) is 4.98 Å². The summed E-state index contributed by atoms with van der Waals surface area (Å²) in [6, 6.07) is 21.4. The van der Waals surface area contributed by atoms with Crippen LogP contribution in [0.5, 0.6) is 0 Å². The summed E-state index contributed by atoms with van der Waals surface area (Å²) in [6.07, 6.45) is 3.81. The Balaban J connectivity index is 2.09. The van der Waals surface area contributed by atoms with E-state index in [4.69, 9.17) is 0 Å². The fourth-order valence-electron chi connectivity index (χ4n) is 3.22. The van der Waals surface area contributed by atoms with E-state index < -0.39 is 0 Å². The Bertz CT molecular complexity index is 1040. The number of pyridine rings is 1. The van der Waals surface area contributed by atoms with Crippen LogP contribution in [0, 0.1) is 6.92 Å². The van der Waals surface area contributed by atoms with Gasteiger partial charge < -0.3 is 0 Å². The summed E-state index contributed by atoms with van der Waals surface area (Å²) in [5, 5.41) is 4.94. The van der Waals surface area contributed by atoms with Gasteiger partial charge in [0.1, 0.15) is 0 Å². The van der Waals surface area contributed by atoms with Crippen LogP contribution in [-0.2, 0) is 0 Å². The molecule has 0 fully saturated rings. The van der Waals surface area contributed by atoms with Crippen LogP contribution in [0.15, 0.2) is 73.4 Å². The fraction of sp³-hybridized carbons (Fsp3) is 0.0455. The molecule has 0 saturated carbocycles. The normalized spacial score (nSPS) is 11.0. The molecule has 0 N–H and O–H groups in total. The van der Waals surface area contributed by atoms with Gasteiger partial charge in [-0.3, -0.25) is 4.98 Å². The van der Waals surface area contributed by atoms with E-state index in [9.17, 15) is 0 Å². The molecule has 4 aromatic rings. The third kappa shape index (κ3) is 2.22. The Morgan fingerprint density at radius 2 is 1.74 bits per heavy atom. The van der Waals surface area contributed by atoms with Gasteiger partial charge in [0.15, 0.2) is 0 Å². The number of rotatable bonds is 2. The average molecular weight is 295 g/mol. The maximum Gasteiger partial charge on any atom is 0.0786 e. The van der Waals surface area contributed by atoms with E-state index in [1.165, 1.54) is 27.1 Å². The highest BCUT2D eigenvalue weighted by molar-refractivity contribution is 6.11. The van der Waals surface area contributed by atoms with Crippen molar-refractivity contribution in [3.05, 3.63) is 84.6 Å². The van der Waals surface area contributed by atoms with Crippen molar-refractivity contribution < 1.29 is 0 Å². The summed E-state index contributed by atoms with van der Waals surface area (Å²) in [5.74, 6) is 0. The first-order valence-electron chi connectivity index (χ1n) is 7.78. The van der Waals surface area contributed by atoms with Gasteiger partial charge in [0.2, 0.25) is 0 Å². The van der Waals surface area contributed by atoms with Gasteiger partial charge in [-0.15, -0.1) is 0 Å². The van der Waals surface area contributed by atoms with Crippen LogP contribution in [0.25, 0.3) is 38.9 Å². The first kappa shape index (κ1) is 13.7. The lowest BCUT2D eigenvalue weighted by Crippen LogP contribution is -1.90. The molecule has 1 aromatic heterocycles. The second kappa shape index (κ2) is 5.36. The highest BCUT2D eigenvalue weighted by Gasteiger charge is 2.10. The second-order valence-electron chi connectivity index (χ2n) is 5.84. The van der Waals surface area contributed by atoms with Gasteiger partial charge >= 0.3 is 0 Å². The predicted octanol–water partition coefficient (Wildman–Crippen LogP) is 6.01. The molecule has 0 spiro atoms. The minimum atomic E-state index is 1.02. The Hall–Kier alpha value is -2.93. The molecule has 0 unspecified atom stereocenters. The Morgan fingerprint density at radius 1 is 0.870 bits per heavy atom. The molecule has 0 saturated heterocycles. The van der Waals surface area contributed by atoms with Crippen molar-refractivity contribution in [2.24, 2.45) is 0 Å². The molecule has 3 aromatic carbocycles. The molecule has 1 nitrogen and oxygen atoms in total. The molecule has 0 atom stereocenters. The van der Waals surface area contributed by atoms with Crippen molar-refractivity contribution in [2.75, 3.05) is 0 Å². The fourth-order valence-corrected chi connectivity index (χ4v) is 3.22. The van der Waals surface area contributed by atoms with Gasteiger partial charge in [0, 0.05) is 17.1 Å². The zero-order valence-corrected chi connectivity index (χ0v) is 13.1. The minimum Gasteiger partial charge on any atom is -0.256 e. The van der Waals surface area contributed by atoms with Crippen LogP contribution in [-0.4, -0.2) is 4.98 Å². The van der Waals surface area contributed by atoms with Crippen LogP contribution in [0.3, 0.4) is 0 Å². The number of hydrogen-bond acceptors (Lipinski definition) is 1. The van der Waals surface area contributed by atoms with E-state index >= 15 is 0 Å². The van der Waals surface area contributed by atoms with Crippen LogP contribution in [0.2, 0.25) is 0 Å². The molecule has 1 heteroatoms. The van der Waals surface area contributed by atoms with Crippen LogP contribution >= 0.6 is 0 Å². The summed E-state index contributed by atoms with van der Waals surface area (Å²) in [6.45, 7) is 6.06. The first-order valence-corrected chi connectivity index (χ1v) is 7.78. The standard InChI is InChI=1S/C22H17N/c1-3-16-14-15(2)8-10-19(16)22-21-11-9-17-6-4-5-7-18(17)20(21)12-13-23-22/h3-14H,1H2,2H3. The quantitative estimate of drug-likeness (QED) is 0.413. The highest BCUT2D eigenvalue weighted by Crippen LogP contribution is 2.33. The lowest BCUT2D eigenvalue weighted by Gasteiger charge is -2.11. The molecular formula is C22H17N. The Morgan fingerprint density at radius 3 is 2.61 bits per heavy atom. The van der Waals surface area contributed by atoms with Crippen molar-refractivity contribution in [2.45, 2.75) is 6.92 Å². The van der Waals surface area contributed by atoms with Gasteiger partial charge in [-0.25, -0.2) is 0 Å². The van der Waals surface area contributed by atoms with E-state index in [0.29, 0.717) is 0 Å². The van der Waals surface area contributed by atoms with Gasteiger partial charge in [0.25, 0.3) is 0 Å². The number of fused-ring (bicyclic) bond motifs is 3. The van der Waals surface area contributed by atoms with E-state index in [1.54, 1.807) is 0 Å². The smallest absolute Gasteiger partial charge is 0.0786 e. The molecule has 1 heterocycles. The highest BCUT2D eigenvalue weighted by atomic mass is 14.7. The monoisotopic (exact) mass is 295 g/mol. The van der Waals surface area contributed by atoms with E-state index in [-0.39, 0.29) is 0 Å². The summed E-state index contributed by atoms with van der Waals surface area (Å²) in [4.78, 5) is 4.67. The Kier molecular flexibility index (Phi) is 3.20. The first-order chi connectivity index (χ1) is 11.3. The molecule has 4 rings (SSSR count). The van der Waals surface area contributed by atoms with Gasteiger partial charge in [-0.1, -0.05) is 72.8 Å². The van der Waals surface area contributed by atoms with Crippen molar-refractivity contribution >= 4 is 27.6 Å². The summed E-state index contributed by atoms with van der Waals surface area (Å²) in [5.41, 5.74) is 4.50. The Labute approximate surface area is 135 Å². The number of hydrogen-bond donors (Lipinski definition) is 0. The van der Waals surface area contributed by atoms with Crippen molar-refractivity contribution in [3.8, 4) is 11.3 Å². The maximum absolute atomic E-state index is 4.67. The van der Waals surface area contributed by atoms with Gasteiger partial charge in [-0.2, -0.15) is 0 Å². The topological polar surface area (TPSA) is 12.9 Å². The van der Waals surface area contributed by atoms with Crippen LogP contribution < -0.4 is 0 Å². The molecule has 0 bridgehead atoms. The zero-order valence-electron chi connectivity index (χ0n) is 13.1. The zero-order chi connectivity index (χ0) is 15.8. The maximum atomic E-state index is 4.67. The van der Waals surface area contributed by atoms with Gasteiger partial charge in [0.05, 0.1) is 5.69 Å². The molecule has 0 aliphatic heterocycles. The number of aromatic nitrogens is 1. The third-order valence-electron chi connectivity index (χ3n) is 4.35. The molecule has 0 radical (unpaired) electrons. The summed E-state index contributed by atoms with van der Waals surface area (Å²) in [7, 11) is 0. The van der Waals surface area contributed by atoms with Crippen molar-refractivity contribution in [1.29, 1.82) is 0 Å². The molecule has 0 aliphatic rings. The van der Waals surface area contributed by atoms with Crippen LogP contribution in [0.1, 0.15) is 11.1 Å². The average Bonchev–Trinajstić information content (AvgIpc) is 2.61. The second-order valence-corrected chi connectivity index (χ2v) is 5.84. The van der Waals surface area contributed by atoms with Crippen molar-refractivity contribution in [3.63, 3.8) is 0 Å². The summed E-state index contributed by atoms with van der Waals surface area (Å²) >= 11 is 0. The summed E-state index contributed by atoms with van der Waals surface area (Å²) < 4.78 is 0. The number of benzene rings is 3. The third-order valence-corrected chi connectivity index (χ3v) is 4.35. The SMILES string of the molecule is C=Cc1cc(C)ccc1-c1nccc2c1ccc1ccccc12. The lowest BCUT2D eigenvalue weighted by molar-refractivity contribution is 1.35. The minimum absolute atomic E-state index is 1.02. The molecule has 23 heavy (non-hydrogen) atoms. The van der Waals surface area contributed by atoms with Gasteiger partial charge in [-0.05, 0) is 34.7 Å².